The largest absolute Gasteiger partial charge is 0.461 e. The van der Waals surface area contributed by atoms with Crippen molar-refractivity contribution in [2.75, 3.05) is 17.7 Å². The van der Waals surface area contributed by atoms with Crippen molar-refractivity contribution >= 4 is 29.3 Å². The van der Waals surface area contributed by atoms with Crippen LogP contribution in [0, 0.1) is 0 Å². The van der Waals surface area contributed by atoms with Gasteiger partial charge >= 0.3 is 5.97 Å². The minimum Gasteiger partial charge on any atom is -0.461 e. The summed E-state index contributed by atoms with van der Waals surface area (Å²) in [6.07, 6.45) is 0.212. The highest BCUT2D eigenvalue weighted by Gasteiger charge is 2.20. The smallest absolute Gasteiger partial charge is 0.360 e. The maximum absolute atomic E-state index is 12.5. The second-order valence-electron chi connectivity index (χ2n) is 6.17. The number of hydrogen-bond donors (Lipinski definition) is 1. The summed E-state index contributed by atoms with van der Waals surface area (Å²) in [5, 5.41) is 6.78. The van der Waals surface area contributed by atoms with Crippen molar-refractivity contribution in [2.45, 2.75) is 18.2 Å². The second-order valence-corrected chi connectivity index (χ2v) is 7.34. The summed E-state index contributed by atoms with van der Waals surface area (Å²) in [4.78, 5) is 38.4. The molecule has 0 saturated carbocycles. The number of amides is 1. The van der Waals surface area contributed by atoms with Crippen LogP contribution in [0.5, 0.6) is 0 Å². The summed E-state index contributed by atoms with van der Waals surface area (Å²) < 4.78 is 6.15. The van der Waals surface area contributed by atoms with Crippen LogP contribution in [0.15, 0.2) is 76.4 Å². The van der Waals surface area contributed by atoms with E-state index in [0.717, 1.165) is 9.58 Å². The van der Waals surface area contributed by atoms with Gasteiger partial charge in [-0.2, -0.15) is 9.78 Å². The van der Waals surface area contributed by atoms with Gasteiger partial charge in [-0.05, 0) is 31.2 Å². The Hall–Kier alpha value is -3.39. The summed E-state index contributed by atoms with van der Waals surface area (Å²) in [6.45, 7) is 1.82. The standard InChI is InChI=1S/C22H21N3O4S/c1-2-29-22(28)21-18(15-20(27)25(24-21)16-9-5-3-6-10-16)23-19(26)13-14-30-17-11-7-4-8-12-17/h3-12,15H,2,13-14H2,1H3,(H,23,26). The number of hydrogen-bond acceptors (Lipinski definition) is 6. The lowest BCUT2D eigenvalue weighted by Gasteiger charge is -2.12. The zero-order chi connectivity index (χ0) is 21.3. The number of esters is 1. The van der Waals surface area contributed by atoms with Crippen molar-refractivity contribution in [1.82, 2.24) is 9.78 Å². The number of anilines is 1. The van der Waals surface area contributed by atoms with Crippen molar-refractivity contribution in [3.8, 4) is 5.69 Å². The van der Waals surface area contributed by atoms with E-state index in [1.165, 1.54) is 6.07 Å². The molecule has 1 amide bonds. The third kappa shape index (κ3) is 5.57. The normalized spacial score (nSPS) is 10.4. The predicted molar refractivity (Wildman–Crippen MR) is 116 cm³/mol. The molecule has 1 heterocycles. The Kier molecular flexibility index (Phi) is 7.40. The first kappa shape index (κ1) is 21.3. The predicted octanol–water partition coefficient (Wildman–Crippen LogP) is 3.53. The summed E-state index contributed by atoms with van der Waals surface area (Å²) >= 11 is 1.55. The van der Waals surface area contributed by atoms with Crippen molar-refractivity contribution in [2.24, 2.45) is 0 Å². The fraction of sp³-hybridized carbons (Fsp3) is 0.182. The maximum Gasteiger partial charge on any atom is 0.360 e. The number of aromatic nitrogens is 2. The first-order chi connectivity index (χ1) is 14.6. The highest BCUT2D eigenvalue weighted by atomic mass is 32.2. The molecule has 3 rings (SSSR count). The Morgan fingerprint density at radius 1 is 1.07 bits per heavy atom. The number of thioether (sulfide) groups is 1. The van der Waals surface area contributed by atoms with E-state index in [0.29, 0.717) is 11.4 Å². The second kappa shape index (κ2) is 10.4. The zero-order valence-electron chi connectivity index (χ0n) is 16.4. The van der Waals surface area contributed by atoms with Gasteiger partial charge in [0.05, 0.1) is 18.0 Å². The zero-order valence-corrected chi connectivity index (χ0v) is 17.2. The van der Waals surface area contributed by atoms with Crippen LogP contribution in [0.1, 0.15) is 23.8 Å². The molecule has 1 aromatic heterocycles. The Balaban J connectivity index is 1.78. The lowest BCUT2D eigenvalue weighted by molar-refractivity contribution is -0.115. The van der Waals surface area contributed by atoms with Gasteiger partial charge in [0.25, 0.3) is 5.56 Å². The summed E-state index contributed by atoms with van der Waals surface area (Å²) in [7, 11) is 0. The van der Waals surface area contributed by atoms with E-state index < -0.39 is 11.5 Å². The minimum atomic E-state index is -0.712. The van der Waals surface area contributed by atoms with E-state index in [9.17, 15) is 14.4 Å². The molecule has 0 saturated heterocycles. The van der Waals surface area contributed by atoms with Gasteiger partial charge in [0, 0.05) is 23.1 Å². The number of rotatable bonds is 8. The molecule has 8 heteroatoms. The average molecular weight is 423 g/mol. The molecule has 30 heavy (non-hydrogen) atoms. The van der Waals surface area contributed by atoms with Crippen molar-refractivity contribution in [1.29, 1.82) is 0 Å². The lowest BCUT2D eigenvalue weighted by Crippen LogP contribution is -2.27. The SMILES string of the molecule is CCOC(=O)c1nn(-c2ccccc2)c(=O)cc1NC(=O)CCSc1ccccc1. The van der Waals surface area contributed by atoms with Gasteiger partial charge in [0.2, 0.25) is 5.91 Å². The van der Waals surface area contributed by atoms with E-state index in [4.69, 9.17) is 4.74 Å². The molecule has 0 unspecified atom stereocenters. The highest BCUT2D eigenvalue weighted by Crippen LogP contribution is 2.19. The van der Waals surface area contributed by atoms with Crippen LogP contribution in [0.2, 0.25) is 0 Å². The van der Waals surface area contributed by atoms with Gasteiger partial charge in [-0.1, -0.05) is 36.4 Å². The Morgan fingerprint density at radius 2 is 1.73 bits per heavy atom. The Labute approximate surface area is 178 Å². The molecule has 0 fully saturated rings. The number of benzene rings is 2. The highest BCUT2D eigenvalue weighted by molar-refractivity contribution is 7.99. The van der Waals surface area contributed by atoms with E-state index in [2.05, 4.69) is 10.4 Å². The van der Waals surface area contributed by atoms with Gasteiger partial charge < -0.3 is 10.1 Å². The molecule has 2 aromatic carbocycles. The number of carbonyl (C=O) groups excluding carboxylic acids is 2. The van der Waals surface area contributed by atoms with Crippen LogP contribution >= 0.6 is 11.8 Å². The molecule has 0 bridgehead atoms. The minimum absolute atomic E-state index is 0.0420. The molecular weight excluding hydrogens is 402 g/mol. The fourth-order valence-corrected chi connectivity index (χ4v) is 3.52. The topological polar surface area (TPSA) is 90.3 Å². The van der Waals surface area contributed by atoms with Gasteiger partial charge in [0.15, 0.2) is 5.69 Å². The molecule has 3 aromatic rings. The summed E-state index contributed by atoms with van der Waals surface area (Å²) in [6, 6.07) is 19.6. The molecule has 7 nitrogen and oxygen atoms in total. The third-order valence-corrected chi connectivity index (χ3v) is 5.03. The van der Waals surface area contributed by atoms with Crippen LogP contribution in [-0.4, -0.2) is 34.0 Å². The van der Waals surface area contributed by atoms with Gasteiger partial charge in [0.1, 0.15) is 0 Å². The van der Waals surface area contributed by atoms with Crippen LogP contribution in [0.3, 0.4) is 0 Å². The molecule has 154 valence electrons. The summed E-state index contributed by atoms with van der Waals surface area (Å²) in [5.41, 5.74) is -0.0434. The third-order valence-electron chi connectivity index (χ3n) is 4.02. The van der Waals surface area contributed by atoms with E-state index in [-0.39, 0.29) is 30.3 Å². The van der Waals surface area contributed by atoms with Crippen LogP contribution in [-0.2, 0) is 9.53 Å². The summed E-state index contributed by atoms with van der Waals surface area (Å²) in [5.74, 6) is -0.474. The Bertz CT molecular complexity index is 1070. The molecule has 0 aliphatic rings. The molecule has 0 spiro atoms. The van der Waals surface area contributed by atoms with E-state index in [1.807, 2.05) is 36.4 Å². The first-order valence-electron chi connectivity index (χ1n) is 9.43. The van der Waals surface area contributed by atoms with Crippen LogP contribution in [0.4, 0.5) is 5.69 Å². The van der Waals surface area contributed by atoms with Crippen molar-refractivity contribution < 1.29 is 14.3 Å². The molecular formula is C22H21N3O4S. The molecule has 1 N–H and O–H groups in total. The van der Waals surface area contributed by atoms with Crippen molar-refractivity contribution in [3.63, 3.8) is 0 Å². The molecule has 0 radical (unpaired) electrons. The van der Waals surface area contributed by atoms with E-state index >= 15 is 0 Å². The fourth-order valence-electron chi connectivity index (χ4n) is 2.65. The number of nitrogens with one attached hydrogen (secondary N) is 1. The molecule has 0 aliphatic heterocycles. The quantitative estimate of drug-likeness (QED) is 0.440. The van der Waals surface area contributed by atoms with E-state index in [1.54, 1.807) is 43.0 Å². The van der Waals surface area contributed by atoms with Crippen LogP contribution < -0.4 is 10.9 Å². The molecule has 0 aliphatic carbocycles. The number of carbonyl (C=O) groups is 2. The van der Waals surface area contributed by atoms with Crippen molar-refractivity contribution in [3.05, 3.63) is 82.8 Å². The maximum atomic E-state index is 12.5. The van der Waals surface area contributed by atoms with Gasteiger partial charge in [-0.25, -0.2) is 4.79 Å². The number of ether oxygens (including phenoxy) is 1. The Morgan fingerprint density at radius 3 is 2.40 bits per heavy atom. The van der Waals surface area contributed by atoms with Gasteiger partial charge in [-0.3, -0.25) is 9.59 Å². The van der Waals surface area contributed by atoms with Crippen LogP contribution in [0.25, 0.3) is 5.69 Å². The monoisotopic (exact) mass is 423 g/mol. The van der Waals surface area contributed by atoms with Gasteiger partial charge in [-0.15, -0.1) is 11.8 Å². The molecule has 0 atom stereocenters. The lowest BCUT2D eigenvalue weighted by atomic mass is 10.3. The number of nitrogens with zero attached hydrogens (tertiary/aromatic N) is 2. The average Bonchev–Trinajstić information content (AvgIpc) is 2.75. The number of para-hydroxylation sites is 1. The first-order valence-corrected chi connectivity index (χ1v) is 10.4.